The summed E-state index contributed by atoms with van der Waals surface area (Å²) in [4.78, 5) is 35.1. The molecule has 0 aliphatic rings. The first-order valence-corrected chi connectivity index (χ1v) is 8.80. The lowest BCUT2D eigenvalue weighted by Crippen LogP contribution is -2.30. The molecule has 0 fully saturated rings. The van der Waals surface area contributed by atoms with Crippen LogP contribution in [0.2, 0.25) is 0 Å². The van der Waals surface area contributed by atoms with Crippen LogP contribution in [0.25, 0.3) is 0 Å². The second-order valence-corrected chi connectivity index (χ2v) is 6.56. The number of carboxylic acid groups (broad SMARTS) is 1. The van der Waals surface area contributed by atoms with Gasteiger partial charge in [0.2, 0.25) is 11.8 Å². The lowest BCUT2D eigenvalue weighted by atomic mass is 10.1. The van der Waals surface area contributed by atoms with Gasteiger partial charge >= 0.3 is 5.97 Å². The summed E-state index contributed by atoms with van der Waals surface area (Å²) in [5.41, 5.74) is 1.43. The molecule has 1 aromatic carbocycles. The van der Waals surface area contributed by atoms with Crippen LogP contribution in [0.5, 0.6) is 0 Å². The Morgan fingerprint density at radius 2 is 1.80 bits per heavy atom. The number of carbonyl (C=O) groups is 3. The maximum atomic E-state index is 11.9. The molecule has 0 bridgehead atoms. The molecule has 0 radical (unpaired) electrons. The van der Waals surface area contributed by atoms with Gasteiger partial charge in [-0.3, -0.25) is 14.4 Å². The molecule has 6 nitrogen and oxygen atoms in total. The molecule has 0 saturated heterocycles. The average Bonchev–Trinajstić information content (AvgIpc) is 3.08. The smallest absolute Gasteiger partial charge is 0.322 e. The fourth-order valence-corrected chi connectivity index (χ4v) is 2.98. The van der Waals surface area contributed by atoms with Crippen molar-refractivity contribution in [1.29, 1.82) is 0 Å². The number of thiophene rings is 1. The zero-order valence-electron chi connectivity index (χ0n) is 13.7. The number of rotatable bonds is 9. The molecule has 25 heavy (non-hydrogen) atoms. The minimum atomic E-state index is -1.08. The summed E-state index contributed by atoms with van der Waals surface area (Å²) in [6, 6.07) is 11.0. The molecule has 0 unspecified atom stereocenters. The Labute approximate surface area is 149 Å². The van der Waals surface area contributed by atoms with Gasteiger partial charge in [0.1, 0.15) is 6.54 Å². The van der Waals surface area contributed by atoms with E-state index < -0.39 is 12.5 Å². The molecular formula is C18H20N2O4S. The standard InChI is InChI=1S/C18H20N2O4S/c21-16(5-1-3-15-4-2-10-25-15)20-14-8-6-13(7-9-14)11-17(22)19-12-18(23)24/h2,4,6-10H,1,3,5,11-12H2,(H,19,22)(H,20,21)(H,23,24). The molecule has 7 heteroatoms. The Hall–Kier alpha value is -2.67. The molecule has 3 N–H and O–H groups in total. The fourth-order valence-electron chi connectivity index (χ4n) is 2.23. The van der Waals surface area contributed by atoms with E-state index in [0.29, 0.717) is 12.1 Å². The van der Waals surface area contributed by atoms with Crippen molar-refractivity contribution in [2.24, 2.45) is 0 Å². The predicted octanol–water partition coefficient (Wildman–Crippen LogP) is 2.45. The number of amides is 2. The lowest BCUT2D eigenvalue weighted by Gasteiger charge is -2.07. The molecule has 0 saturated carbocycles. The molecule has 1 heterocycles. The summed E-state index contributed by atoms with van der Waals surface area (Å²) in [5.74, 6) is -1.47. The summed E-state index contributed by atoms with van der Waals surface area (Å²) < 4.78 is 0. The van der Waals surface area contributed by atoms with Gasteiger partial charge in [0.25, 0.3) is 0 Å². The van der Waals surface area contributed by atoms with E-state index in [0.717, 1.165) is 18.4 Å². The van der Waals surface area contributed by atoms with Crippen LogP contribution in [-0.2, 0) is 27.2 Å². The van der Waals surface area contributed by atoms with Gasteiger partial charge in [-0.2, -0.15) is 0 Å². The number of carbonyl (C=O) groups excluding carboxylic acids is 2. The first kappa shape index (κ1) is 18.7. The minimum absolute atomic E-state index is 0.0384. The van der Waals surface area contributed by atoms with Crippen LogP contribution in [-0.4, -0.2) is 29.4 Å². The Bertz CT molecular complexity index is 711. The Morgan fingerprint density at radius 1 is 1.04 bits per heavy atom. The molecule has 132 valence electrons. The van der Waals surface area contributed by atoms with Crippen LogP contribution < -0.4 is 10.6 Å². The van der Waals surface area contributed by atoms with Crippen LogP contribution in [0.15, 0.2) is 41.8 Å². The largest absolute Gasteiger partial charge is 0.480 e. The van der Waals surface area contributed by atoms with Crippen molar-refractivity contribution in [2.75, 3.05) is 11.9 Å². The van der Waals surface area contributed by atoms with Gasteiger partial charge in [-0.25, -0.2) is 0 Å². The summed E-state index contributed by atoms with van der Waals surface area (Å²) in [7, 11) is 0. The van der Waals surface area contributed by atoms with Crippen molar-refractivity contribution in [3.05, 3.63) is 52.2 Å². The quantitative estimate of drug-likeness (QED) is 0.640. The molecule has 2 rings (SSSR count). The summed E-state index contributed by atoms with van der Waals surface area (Å²) in [6.45, 7) is -0.390. The predicted molar refractivity (Wildman–Crippen MR) is 96.7 cm³/mol. The number of carboxylic acids is 1. The van der Waals surface area contributed by atoms with E-state index in [2.05, 4.69) is 16.7 Å². The summed E-state index contributed by atoms with van der Waals surface area (Å²) >= 11 is 1.69. The van der Waals surface area contributed by atoms with Gasteiger partial charge in [0.05, 0.1) is 6.42 Å². The van der Waals surface area contributed by atoms with Gasteiger partial charge in [-0.15, -0.1) is 11.3 Å². The highest BCUT2D eigenvalue weighted by Crippen LogP contribution is 2.14. The van der Waals surface area contributed by atoms with Gasteiger partial charge in [0.15, 0.2) is 0 Å². The van der Waals surface area contributed by atoms with Crippen molar-refractivity contribution >= 4 is 34.8 Å². The van der Waals surface area contributed by atoms with E-state index in [1.807, 2.05) is 11.4 Å². The average molecular weight is 360 g/mol. The van der Waals surface area contributed by atoms with E-state index >= 15 is 0 Å². The van der Waals surface area contributed by atoms with E-state index in [-0.39, 0.29) is 18.2 Å². The SMILES string of the molecule is O=C(O)CNC(=O)Cc1ccc(NC(=O)CCCc2cccs2)cc1. The topological polar surface area (TPSA) is 95.5 Å². The Balaban J connectivity index is 1.72. The van der Waals surface area contributed by atoms with Gasteiger partial charge in [0, 0.05) is 17.0 Å². The number of benzene rings is 1. The lowest BCUT2D eigenvalue weighted by molar-refractivity contribution is -0.137. The molecule has 1 aromatic heterocycles. The third-order valence-corrected chi connectivity index (χ3v) is 4.38. The molecule has 2 aromatic rings. The summed E-state index contributed by atoms with van der Waals surface area (Å²) in [6.07, 6.45) is 2.25. The normalized spacial score (nSPS) is 10.2. The highest BCUT2D eigenvalue weighted by Gasteiger charge is 2.07. The minimum Gasteiger partial charge on any atom is -0.480 e. The molecule has 2 amide bonds. The van der Waals surface area contributed by atoms with Crippen molar-refractivity contribution < 1.29 is 19.5 Å². The van der Waals surface area contributed by atoms with Crippen LogP contribution in [0, 0.1) is 0 Å². The number of nitrogens with one attached hydrogen (secondary N) is 2. The second kappa shape index (κ2) is 9.58. The molecule has 0 aliphatic carbocycles. The second-order valence-electron chi connectivity index (χ2n) is 5.53. The van der Waals surface area contributed by atoms with Crippen molar-refractivity contribution in [2.45, 2.75) is 25.7 Å². The van der Waals surface area contributed by atoms with E-state index in [9.17, 15) is 14.4 Å². The zero-order chi connectivity index (χ0) is 18.1. The number of anilines is 1. The van der Waals surface area contributed by atoms with Crippen molar-refractivity contribution in [3.63, 3.8) is 0 Å². The van der Waals surface area contributed by atoms with Crippen molar-refractivity contribution in [3.8, 4) is 0 Å². The third-order valence-electron chi connectivity index (χ3n) is 3.45. The van der Waals surface area contributed by atoms with Gasteiger partial charge < -0.3 is 15.7 Å². The van der Waals surface area contributed by atoms with Gasteiger partial charge in [-0.05, 0) is 42.0 Å². The van der Waals surface area contributed by atoms with E-state index in [4.69, 9.17) is 5.11 Å². The number of aliphatic carboxylic acids is 1. The maximum absolute atomic E-state index is 11.9. The number of hydrogen-bond donors (Lipinski definition) is 3. The van der Waals surface area contributed by atoms with Gasteiger partial charge in [-0.1, -0.05) is 18.2 Å². The van der Waals surface area contributed by atoms with Crippen LogP contribution in [0.3, 0.4) is 0 Å². The molecule has 0 atom stereocenters. The third kappa shape index (κ3) is 7.17. The molecule has 0 spiro atoms. The number of aryl methyl sites for hydroxylation is 1. The Morgan fingerprint density at radius 3 is 2.44 bits per heavy atom. The van der Waals surface area contributed by atoms with Crippen LogP contribution >= 0.6 is 11.3 Å². The first-order valence-electron chi connectivity index (χ1n) is 7.92. The molecule has 0 aliphatic heterocycles. The highest BCUT2D eigenvalue weighted by molar-refractivity contribution is 7.09. The van der Waals surface area contributed by atoms with Crippen molar-refractivity contribution in [1.82, 2.24) is 5.32 Å². The fraction of sp³-hybridized carbons (Fsp3) is 0.278. The monoisotopic (exact) mass is 360 g/mol. The number of hydrogen-bond acceptors (Lipinski definition) is 4. The Kier molecular flexibility index (Phi) is 7.16. The van der Waals surface area contributed by atoms with E-state index in [1.165, 1.54) is 4.88 Å². The highest BCUT2D eigenvalue weighted by atomic mass is 32.1. The van der Waals surface area contributed by atoms with E-state index in [1.54, 1.807) is 35.6 Å². The maximum Gasteiger partial charge on any atom is 0.322 e. The molecular weight excluding hydrogens is 340 g/mol. The first-order chi connectivity index (χ1) is 12.0. The van der Waals surface area contributed by atoms with Crippen LogP contribution in [0.4, 0.5) is 5.69 Å². The van der Waals surface area contributed by atoms with Crippen LogP contribution in [0.1, 0.15) is 23.3 Å². The summed E-state index contributed by atoms with van der Waals surface area (Å²) in [5, 5.41) is 15.7. The zero-order valence-corrected chi connectivity index (χ0v) is 14.5.